The maximum absolute atomic E-state index is 4.23. The van der Waals surface area contributed by atoms with Crippen LogP contribution in [-0.2, 0) is 6.54 Å². The van der Waals surface area contributed by atoms with E-state index >= 15 is 0 Å². The fraction of sp³-hybridized carbons (Fsp3) is 0.714. The van der Waals surface area contributed by atoms with Crippen molar-refractivity contribution in [2.45, 2.75) is 51.7 Å². The summed E-state index contributed by atoms with van der Waals surface area (Å²) in [5.74, 6) is 0. The van der Waals surface area contributed by atoms with Crippen LogP contribution in [0.4, 0.5) is 0 Å². The van der Waals surface area contributed by atoms with E-state index in [0.717, 1.165) is 12.2 Å². The molecule has 1 N–H and O–H groups in total. The van der Waals surface area contributed by atoms with Gasteiger partial charge in [0.1, 0.15) is 6.33 Å². The Kier molecular flexibility index (Phi) is 4.30. The second-order valence-electron chi connectivity index (χ2n) is 6.01. The Morgan fingerprint density at radius 1 is 1.33 bits per heavy atom. The topological polar surface area (TPSA) is 41.0 Å². The van der Waals surface area contributed by atoms with Gasteiger partial charge in [-0.3, -0.25) is 4.90 Å². The number of likely N-dealkylation sites (tertiary alicyclic amines) is 1. The standard InChI is InChI=1S/C14H24N4/c1-14(2,3)18-8-5-12(6-9-18)16-10-13-4-7-15-11-17-13/h4,7,11-12,16H,5-6,8-10H2,1-3H3. The summed E-state index contributed by atoms with van der Waals surface area (Å²) in [6.07, 6.45) is 5.86. The summed E-state index contributed by atoms with van der Waals surface area (Å²) in [5, 5.41) is 3.59. The smallest absolute Gasteiger partial charge is 0.115 e. The van der Waals surface area contributed by atoms with E-state index in [1.54, 1.807) is 12.5 Å². The van der Waals surface area contributed by atoms with Crippen LogP contribution in [-0.4, -0.2) is 39.5 Å². The van der Waals surface area contributed by atoms with Crippen LogP contribution in [0.25, 0.3) is 0 Å². The normalized spacial score (nSPS) is 19.1. The van der Waals surface area contributed by atoms with Crippen LogP contribution in [0.5, 0.6) is 0 Å². The minimum Gasteiger partial charge on any atom is -0.308 e. The van der Waals surface area contributed by atoms with E-state index in [0.29, 0.717) is 11.6 Å². The molecule has 4 heteroatoms. The van der Waals surface area contributed by atoms with Gasteiger partial charge in [0.05, 0.1) is 5.69 Å². The zero-order valence-corrected chi connectivity index (χ0v) is 11.7. The predicted octanol–water partition coefficient (Wildman–Crippen LogP) is 1.83. The third kappa shape index (κ3) is 3.75. The number of hydrogen-bond donors (Lipinski definition) is 1. The number of rotatable bonds is 3. The monoisotopic (exact) mass is 248 g/mol. The highest BCUT2D eigenvalue weighted by Crippen LogP contribution is 2.20. The summed E-state index contributed by atoms with van der Waals surface area (Å²) in [4.78, 5) is 10.7. The van der Waals surface area contributed by atoms with Gasteiger partial charge in [-0.2, -0.15) is 0 Å². The second kappa shape index (κ2) is 5.76. The Morgan fingerprint density at radius 2 is 2.06 bits per heavy atom. The molecule has 0 amide bonds. The lowest BCUT2D eigenvalue weighted by Crippen LogP contribution is -2.49. The third-order valence-electron chi connectivity index (χ3n) is 3.66. The maximum atomic E-state index is 4.23. The van der Waals surface area contributed by atoms with Crippen LogP contribution in [0.1, 0.15) is 39.3 Å². The third-order valence-corrected chi connectivity index (χ3v) is 3.66. The minimum atomic E-state index is 0.303. The van der Waals surface area contributed by atoms with Crippen molar-refractivity contribution in [3.63, 3.8) is 0 Å². The molecule has 0 radical (unpaired) electrons. The summed E-state index contributed by atoms with van der Waals surface area (Å²) < 4.78 is 0. The molecule has 0 bridgehead atoms. The van der Waals surface area contributed by atoms with E-state index < -0.39 is 0 Å². The Morgan fingerprint density at radius 3 is 2.61 bits per heavy atom. The van der Waals surface area contributed by atoms with Crippen LogP contribution in [0.15, 0.2) is 18.6 Å². The average Bonchev–Trinajstić information content (AvgIpc) is 2.37. The molecule has 18 heavy (non-hydrogen) atoms. The van der Waals surface area contributed by atoms with Crippen LogP contribution >= 0.6 is 0 Å². The molecule has 1 aliphatic rings. The van der Waals surface area contributed by atoms with Crippen molar-refractivity contribution < 1.29 is 0 Å². The molecule has 1 saturated heterocycles. The molecule has 2 heterocycles. The molecule has 0 saturated carbocycles. The van der Waals surface area contributed by atoms with Crippen LogP contribution in [0.3, 0.4) is 0 Å². The van der Waals surface area contributed by atoms with Crippen molar-refractivity contribution in [1.82, 2.24) is 20.2 Å². The van der Waals surface area contributed by atoms with E-state index in [-0.39, 0.29) is 0 Å². The first-order chi connectivity index (χ1) is 8.55. The van der Waals surface area contributed by atoms with E-state index in [4.69, 9.17) is 0 Å². The van der Waals surface area contributed by atoms with Crippen LogP contribution in [0, 0.1) is 0 Å². The summed E-state index contributed by atoms with van der Waals surface area (Å²) in [6.45, 7) is 10.1. The lowest BCUT2D eigenvalue weighted by molar-refractivity contribution is 0.0959. The molecular formula is C14H24N4. The molecule has 2 rings (SSSR count). The Labute approximate surface area is 110 Å². The first kappa shape index (κ1) is 13.4. The number of piperidine rings is 1. The van der Waals surface area contributed by atoms with E-state index in [1.165, 1.54) is 25.9 Å². The van der Waals surface area contributed by atoms with Gasteiger partial charge >= 0.3 is 0 Å². The number of aromatic nitrogens is 2. The summed E-state index contributed by atoms with van der Waals surface area (Å²) in [7, 11) is 0. The lowest BCUT2D eigenvalue weighted by Gasteiger charge is -2.41. The minimum absolute atomic E-state index is 0.303. The van der Waals surface area contributed by atoms with Crippen molar-refractivity contribution in [2.24, 2.45) is 0 Å². The van der Waals surface area contributed by atoms with Crippen molar-refractivity contribution in [3.05, 3.63) is 24.3 Å². The summed E-state index contributed by atoms with van der Waals surface area (Å²) in [5.41, 5.74) is 1.38. The second-order valence-corrected chi connectivity index (χ2v) is 6.01. The fourth-order valence-electron chi connectivity index (χ4n) is 2.43. The van der Waals surface area contributed by atoms with E-state index in [1.807, 2.05) is 6.07 Å². The molecular weight excluding hydrogens is 224 g/mol. The molecule has 1 aliphatic heterocycles. The molecule has 0 atom stereocenters. The van der Waals surface area contributed by atoms with Crippen LogP contribution in [0.2, 0.25) is 0 Å². The van der Waals surface area contributed by atoms with Crippen LogP contribution < -0.4 is 5.32 Å². The van der Waals surface area contributed by atoms with E-state index in [9.17, 15) is 0 Å². The van der Waals surface area contributed by atoms with Gasteiger partial charge in [0.25, 0.3) is 0 Å². The van der Waals surface area contributed by atoms with Gasteiger partial charge in [-0.1, -0.05) is 0 Å². The Balaban J connectivity index is 1.74. The first-order valence-electron chi connectivity index (χ1n) is 6.79. The molecule has 1 fully saturated rings. The van der Waals surface area contributed by atoms with Gasteiger partial charge in [0, 0.05) is 37.4 Å². The Hall–Kier alpha value is -1.00. The van der Waals surface area contributed by atoms with E-state index in [2.05, 4.69) is 41.0 Å². The van der Waals surface area contributed by atoms with Crippen molar-refractivity contribution >= 4 is 0 Å². The highest BCUT2D eigenvalue weighted by Gasteiger charge is 2.26. The molecule has 0 unspecified atom stereocenters. The SMILES string of the molecule is CC(C)(C)N1CCC(NCc2ccncn2)CC1. The summed E-state index contributed by atoms with van der Waals surface area (Å²) >= 11 is 0. The Bertz CT molecular complexity index is 350. The largest absolute Gasteiger partial charge is 0.308 e. The van der Waals surface area contributed by atoms with Gasteiger partial charge < -0.3 is 5.32 Å². The van der Waals surface area contributed by atoms with Gasteiger partial charge in [0.2, 0.25) is 0 Å². The molecule has 0 aromatic carbocycles. The average molecular weight is 248 g/mol. The predicted molar refractivity (Wildman–Crippen MR) is 73.2 cm³/mol. The fourth-order valence-corrected chi connectivity index (χ4v) is 2.43. The zero-order valence-electron chi connectivity index (χ0n) is 11.7. The van der Waals surface area contributed by atoms with Gasteiger partial charge in [0.15, 0.2) is 0 Å². The zero-order chi connectivity index (χ0) is 13.0. The van der Waals surface area contributed by atoms with Gasteiger partial charge in [-0.15, -0.1) is 0 Å². The summed E-state index contributed by atoms with van der Waals surface area (Å²) in [6, 6.07) is 2.59. The van der Waals surface area contributed by atoms with Crippen molar-refractivity contribution in [1.29, 1.82) is 0 Å². The van der Waals surface area contributed by atoms with Crippen molar-refractivity contribution in [2.75, 3.05) is 13.1 Å². The highest BCUT2D eigenvalue weighted by molar-refractivity contribution is 4.97. The number of nitrogens with one attached hydrogen (secondary N) is 1. The molecule has 0 spiro atoms. The quantitative estimate of drug-likeness (QED) is 0.886. The lowest BCUT2D eigenvalue weighted by atomic mass is 9.98. The number of nitrogens with zero attached hydrogens (tertiary/aromatic N) is 3. The first-order valence-corrected chi connectivity index (χ1v) is 6.79. The molecule has 4 nitrogen and oxygen atoms in total. The molecule has 0 aliphatic carbocycles. The van der Waals surface area contributed by atoms with Crippen molar-refractivity contribution in [3.8, 4) is 0 Å². The molecule has 1 aromatic heterocycles. The van der Waals surface area contributed by atoms with Gasteiger partial charge in [-0.05, 0) is 39.7 Å². The maximum Gasteiger partial charge on any atom is 0.115 e. The van der Waals surface area contributed by atoms with Gasteiger partial charge in [-0.25, -0.2) is 9.97 Å². The number of hydrogen-bond acceptors (Lipinski definition) is 4. The molecule has 100 valence electrons. The molecule has 1 aromatic rings. The highest BCUT2D eigenvalue weighted by atomic mass is 15.2.